The van der Waals surface area contributed by atoms with E-state index < -0.39 is 6.04 Å². The van der Waals surface area contributed by atoms with Gasteiger partial charge in [0.2, 0.25) is 11.8 Å². The number of rotatable bonds is 11. The van der Waals surface area contributed by atoms with E-state index in [9.17, 15) is 9.59 Å². The van der Waals surface area contributed by atoms with Crippen LogP contribution in [0.2, 0.25) is 10.0 Å². The lowest BCUT2D eigenvalue weighted by Crippen LogP contribution is -2.51. The summed E-state index contributed by atoms with van der Waals surface area (Å²) < 4.78 is 0. The Labute approximate surface area is 206 Å². The maximum Gasteiger partial charge on any atom is 0.243 e. The second-order valence-electron chi connectivity index (χ2n) is 7.99. The highest BCUT2D eigenvalue weighted by Gasteiger charge is 2.29. The summed E-state index contributed by atoms with van der Waals surface area (Å²) in [4.78, 5) is 28.0. The van der Waals surface area contributed by atoms with Crippen LogP contribution in [0.4, 0.5) is 0 Å². The number of nitrogens with one attached hydrogen (secondary N) is 1. The molecule has 0 fully saturated rings. The van der Waals surface area contributed by atoms with E-state index >= 15 is 0 Å². The molecule has 174 valence electrons. The number of hydrogen-bond acceptors (Lipinski definition) is 3. The van der Waals surface area contributed by atoms with Gasteiger partial charge in [-0.25, -0.2) is 0 Å². The molecule has 0 saturated heterocycles. The topological polar surface area (TPSA) is 49.4 Å². The Bertz CT molecular complexity index is 923. The van der Waals surface area contributed by atoms with Crippen molar-refractivity contribution in [2.45, 2.75) is 64.9 Å². The van der Waals surface area contributed by atoms with Crippen molar-refractivity contribution >= 4 is 46.8 Å². The Kier molecular flexibility index (Phi) is 10.9. The molecule has 0 aromatic heterocycles. The molecule has 7 heteroatoms. The van der Waals surface area contributed by atoms with Crippen LogP contribution in [0.3, 0.4) is 0 Å². The fraction of sp³-hybridized carbons (Fsp3) is 0.440. The number of hydrogen-bond donors (Lipinski definition) is 1. The van der Waals surface area contributed by atoms with Gasteiger partial charge in [-0.1, -0.05) is 72.9 Å². The average Bonchev–Trinajstić information content (AvgIpc) is 2.75. The Morgan fingerprint density at radius 3 is 2.41 bits per heavy atom. The van der Waals surface area contributed by atoms with Crippen molar-refractivity contribution in [3.05, 3.63) is 69.2 Å². The van der Waals surface area contributed by atoms with E-state index in [4.69, 9.17) is 23.2 Å². The monoisotopic (exact) mass is 494 g/mol. The van der Waals surface area contributed by atoms with Gasteiger partial charge in [-0.05, 0) is 49.9 Å². The highest BCUT2D eigenvalue weighted by Crippen LogP contribution is 2.25. The van der Waals surface area contributed by atoms with Gasteiger partial charge in [0.15, 0.2) is 0 Å². The van der Waals surface area contributed by atoms with Gasteiger partial charge < -0.3 is 10.2 Å². The van der Waals surface area contributed by atoms with E-state index in [0.717, 1.165) is 23.1 Å². The summed E-state index contributed by atoms with van der Waals surface area (Å²) in [6, 6.07) is 13.1. The van der Waals surface area contributed by atoms with Gasteiger partial charge in [0.25, 0.3) is 0 Å². The zero-order valence-corrected chi connectivity index (χ0v) is 21.5. The molecule has 2 rings (SSSR count). The molecule has 2 aromatic carbocycles. The normalized spacial score (nSPS) is 12.8. The molecular weight excluding hydrogens is 463 g/mol. The van der Waals surface area contributed by atoms with Crippen LogP contribution in [0.25, 0.3) is 0 Å². The molecule has 0 aliphatic carbocycles. The smallest absolute Gasteiger partial charge is 0.243 e. The van der Waals surface area contributed by atoms with Gasteiger partial charge >= 0.3 is 0 Å². The summed E-state index contributed by atoms with van der Waals surface area (Å²) in [6.45, 7) is 8.38. The zero-order valence-electron chi connectivity index (χ0n) is 19.2. The zero-order chi connectivity index (χ0) is 23.7. The second-order valence-corrected chi connectivity index (χ2v) is 9.79. The number of carbonyl (C=O) groups excluding carboxylic acids is 2. The molecule has 2 aromatic rings. The van der Waals surface area contributed by atoms with Crippen molar-refractivity contribution in [2.24, 2.45) is 0 Å². The number of aryl methyl sites for hydroxylation is 1. The first-order valence-electron chi connectivity index (χ1n) is 10.9. The van der Waals surface area contributed by atoms with Gasteiger partial charge in [-0.3, -0.25) is 9.59 Å². The Morgan fingerprint density at radius 1 is 1.03 bits per heavy atom. The van der Waals surface area contributed by atoms with Crippen molar-refractivity contribution < 1.29 is 9.59 Å². The molecule has 0 spiro atoms. The third kappa shape index (κ3) is 8.02. The molecule has 4 nitrogen and oxygen atoms in total. The molecule has 0 radical (unpaired) electrons. The maximum absolute atomic E-state index is 13.3. The second kappa shape index (κ2) is 13.1. The molecule has 0 saturated carbocycles. The lowest BCUT2D eigenvalue weighted by molar-refractivity contribution is -0.139. The Balaban J connectivity index is 2.14. The van der Waals surface area contributed by atoms with Crippen LogP contribution in [0, 0.1) is 6.92 Å². The van der Waals surface area contributed by atoms with E-state index in [1.165, 1.54) is 11.8 Å². The van der Waals surface area contributed by atoms with Gasteiger partial charge in [0, 0.05) is 18.3 Å². The standard InChI is InChI=1S/C25H32Cl2N2O2S/c1-5-18(4)28-25(31)23(6-2)29(14-19-9-7-8-17(3)12-19)24(30)16-32-15-20-10-11-21(26)22(27)13-20/h7-13,18,23H,5-6,14-16H2,1-4H3,(H,28,31)/t18-,23-/m0/s1. The van der Waals surface area contributed by atoms with Gasteiger partial charge in [0.1, 0.15) is 6.04 Å². The predicted molar refractivity (Wildman–Crippen MR) is 136 cm³/mol. The lowest BCUT2D eigenvalue weighted by Gasteiger charge is -2.31. The Morgan fingerprint density at radius 2 is 1.78 bits per heavy atom. The predicted octanol–water partition coefficient (Wildman–Crippen LogP) is 6.26. The highest BCUT2D eigenvalue weighted by atomic mass is 35.5. The van der Waals surface area contributed by atoms with E-state index in [2.05, 4.69) is 11.4 Å². The Hall–Kier alpha value is -1.69. The molecule has 0 aliphatic heterocycles. The van der Waals surface area contributed by atoms with Crippen molar-refractivity contribution in [3.8, 4) is 0 Å². The first-order valence-corrected chi connectivity index (χ1v) is 12.8. The molecular formula is C25H32Cl2N2O2S. The SMILES string of the molecule is CC[C@H](C)NC(=O)[C@H](CC)N(Cc1cccc(C)c1)C(=O)CSCc1ccc(Cl)c(Cl)c1. The molecule has 1 N–H and O–H groups in total. The van der Waals surface area contributed by atoms with E-state index in [-0.39, 0.29) is 23.6 Å². The van der Waals surface area contributed by atoms with Crippen molar-refractivity contribution in [2.75, 3.05) is 5.75 Å². The third-order valence-corrected chi connectivity index (χ3v) is 7.03. The number of carbonyl (C=O) groups is 2. The minimum absolute atomic E-state index is 0.0530. The molecule has 0 unspecified atom stereocenters. The fourth-order valence-corrected chi connectivity index (χ4v) is 4.51. The lowest BCUT2D eigenvalue weighted by atomic mass is 10.1. The largest absolute Gasteiger partial charge is 0.352 e. The molecule has 2 atom stereocenters. The van der Waals surface area contributed by atoms with E-state index in [0.29, 0.717) is 28.8 Å². The molecule has 2 amide bonds. The summed E-state index contributed by atoms with van der Waals surface area (Å²) in [5.74, 6) is 0.760. The van der Waals surface area contributed by atoms with Crippen LogP contribution < -0.4 is 5.32 Å². The van der Waals surface area contributed by atoms with Gasteiger partial charge in [-0.2, -0.15) is 0 Å². The number of thioether (sulfide) groups is 1. The van der Waals surface area contributed by atoms with Crippen molar-refractivity contribution in [3.63, 3.8) is 0 Å². The fourth-order valence-electron chi connectivity index (χ4n) is 3.34. The highest BCUT2D eigenvalue weighted by molar-refractivity contribution is 7.99. The summed E-state index contributed by atoms with van der Waals surface area (Å²) in [5.41, 5.74) is 3.15. The van der Waals surface area contributed by atoms with Crippen LogP contribution in [0.15, 0.2) is 42.5 Å². The van der Waals surface area contributed by atoms with Crippen LogP contribution in [0.1, 0.15) is 50.3 Å². The first kappa shape index (κ1) is 26.6. The summed E-state index contributed by atoms with van der Waals surface area (Å²) in [7, 11) is 0. The van der Waals surface area contributed by atoms with Crippen molar-refractivity contribution in [1.29, 1.82) is 0 Å². The summed E-state index contributed by atoms with van der Waals surface area (Å²) in [6.07, 6.45) is 1.39. The summed E-state index contributed by atoms with van der Waals surface area (Å²) >= 11 is 13.6. The van der Waals surface area contributed by atoms with Crippen molar-refractivity contribution in [1.82, 2.24) is 10.2 Å². The van der Waals surface area contributed by atoms with Crippen LogP contribution in [-0.2, 0) is 21.9 Å². The number of amides is 2. The molecule has 0 aliphatic rings. The molecule has 0 bridgehead atoms. The average molecular weight is 496 g/mol. The number of halogens is 2. The van der Waals surface area contributed by atoms with E-state index in [1.807, 2.05) is 58.0 Å². The van der Waals surface area contributed by atoms with Gasteiger partial charge in [-0.15, -0.1) is 11.8 Å². The number of nitrogens with zero attached hydrogens (tertiary/aromatic N) is 1. The first-order chi connectivity index (χ1) is 15.2. The van der Waals surface area contributed by atoms with Crippen LogP contribution in [-0.4, -0.2) is 34.6 Å². The summed E-state index contributed by atoms with van der Waals surface area (Å²) in [5, 5.41) is 4.06. The quantitative estimate of drug-likeness (QED) is 0.401. The van der Waals surface area contributed by atoms with E-state index in [1.54, 1.807) is 11.0 Å². The third-order valence-electron chi connectivity index (χ3n) is 5.30. The maximum atomic E-state index is 13.3. The van der Waals surface area contributed by atoms with Gasteiger partial charge in [0.05, 0.1) is 15.8 Å². The minimum Gasteiger partial charge on any atom is -0.352 e. The van der Waals surface area contributed by atoms with Crippen LogP contribution in [0.5, 0.6) is 0 Å². The molecule has 32 heavy (non-hydrogen) atoms. The number of benzene rings is 2. The minimum atomic E-state index is -0.511. The van der Waals surface area contributed by atoms with Crippen LogP contribution >= 0.6 is 35.0 Å². The molecule has 0 heterocycles.